The Labute approximate surface area is 87.4 Å². The highest BCUT2D eigenvalue weighted by Gasteiger charge is 2.31. The molecule has 2 aliphatic rings. The first-order chi connectivity index (χ1) is 6.90. The lowest BCUT2D eigenvalue weighted by Gasteiger charge is -2.20. The van der Waals surface area contributed by atoms with E-state index in [0.717, 1.165) is 19.1 Å². The number of hydrogen-bond donors (Lipinski definition) is 1. The molecule has 0 aromatic carbocycles. The van der Waals surface area contributed by atoms with Crippen molar-refractivity contribution in [3.05, 3.63) is 0 Å². The van der Waals surface area contributed by atoms with Crippen molar-refractivity contribution in [2.75, 3.05) is 13.2 Å². The molecule has 2 fully saturated rings. The predicted molar refractivity (Wildman–Crippen MR) is 58.4 cm³/mol. The van der Waals surface area contributed by atoms with E-state index in [2.05, 4.69) is 12.2 Å². The molecule has 2 saturated carbocycles. The molecule has 0 aromatic rings. The second kappa shape index (κ2) is 5.13. The second-order valence-corrected chi connectivity index (χ2v) is 4.74. The molecule has 2 aliphatic carbocycles. The Balaban J connectivity index is 1.65. The van der Waals surface area contributed by atoms with Crippen molar-refractivity contribution in [3.63, 3.8) is 0 Å². The fraction of sp³-hybridized carbons (Fsp3) is 1.00. The van der Waals surface area contributed by atoms with Crippen molar-refractivity contribution in [3.8, 4) is 0 Å². The van der Waals surface area contributed by atoms with Crippen LogP contribution in [0.25, 0.3) is 0 Å². The highest BCUT2D eigenvalue weighted by Crippen LogP contribution is 2.33. The second-order valence-electron chi connectivity index (χ2n) is 4.74. The maximum atomic E-state index is 5.96. The maximum absolute atomic E-state index is 5.96. The van der Waals surface area contributed by atoms with E-state index in [1.54, 1.807) is 0 Å². The first kappa shape index (κ1) is 10.4. The zero-order chi connectivity index (χ0) is 9.80. The van der Waals surface area contributed by atoms with Crippen molar-refractivity contribution < 1.29 is 4.74 Å². The van der Waals surface area contributed by atoms with E-state index >= 15 is 0 Å². The molecule has 1 unspecified atom stereocenters. The normalized spacial score (nSPS) is 25.5. The van der Waals surface area contributed by atoms with Gasteiger partial charge in [-0.25, -0.2) is 0 Å². The van der Waals surface area contributed by atoms with Gasteiger partial charge in [-0.3, -0.25) is 0 Å². The van der Waals surface area contributed by atoms with Gasteiger partial charge in [0.1, 0.15) is 0 Å². The van der Waals surface area contributed by atoms with E-state index in [1.807, 2.05) is 0 Å². The van der Waals surface area contributed by atoms with E-state index in [1.165, 1.54) is 38.5 Å². The zero-order valence-corrected chi connectivity index (χ0v) is 9.30. The first-order valence-corrected chi connectivity index (χ1v) is 6.25. The van der Waals surface area contributed by atoms with Gasteiger partial charge in [0.25, 0.3) is 0 Å². The molecule has 82 valence electrons. The Morgan fingerprint density at radius 2 is 1.93 bits per heavy atom. The van der Waals surface area contributed by atoms with Crippen molar-refractivity contribution in [1.82, 2.24) is 5.32 Å². The summed E-state index contributed by atoms with van der Waals surface area (Å²) in [5, 5.41) is 3.54. The van der Waals surface area contributed by atoms with E-state index in [0.29, 0.717) is 12.1 Å². The molecule has 0 spiro atoms. The molecule has 0 aliphatic heterocycles. The summed E-state index contributed by atoms with van der Waals surface area (Å²) in [6.07, 6.45) is 8.74. The molecule has 0 saturated heterocycles. The van der Waals surface area contributed by atoms with Crippen LogP contribution in [0.5, 0.6) is 0 Å². The average Bonchev–Trinajstić information content (AvgIpc) is 2.90. The molecule has 1 atom stereocenters. The van der Waals surface area contributed by atoms with Gasteiger partial charge in [-0.05, 0) is 38.1 Å². The fourth-order valence-corrected chi connectivity index (χ4v) is 2.42. The van der Waals surface area contributed by atoms with Gasteiger partial charge in [0, 0.05) is 6.04 Å². The minimum absolute atomic E-state index is 0.579. The molecule has 2 heteroatoms. The van der Waals surface area contributed by atoms with Crippen LogP contribution in [0.1, 0.15) is 45.4 Å². The van der Waals surface area contributed by atoms with Gasteiger partial charge in [-0.1, -0.05) is 19.8 Å². The third kappa shape index (κ3) is 2.96. The average molecular weight is 197 g/mol. The minimum Gasteiger partial charge on any atom is -0.377 e. The summed E-state index contributed by atoms with van der Waals surface area (Å²) in [6.45, 7) is 4.21. The lowest BCUT2D eigenvalue weighted by atomic mass is 10.2. The van der Waals surface area contributed by atoms with Crippen molar-refractivity contribution in [2.24, 2.45) is 5.92 Å². The molecule has 0 aromatic heterocycles. The summed E-state index contributed by atoms with van der Waals surface area (Å²) >= 11 is 0. The Morgan fingerprint density at radius 3 is 2.50 bits per heavy atom. The monoisotopic (exact) mass is 197 g/mol. The Bertz CT molecular complexity index is 162. The van der Waals surface area contributed by atoms with Crippen LogP contribution in [-0.2, 0) is 4.74 Å². The predicted octanol–water partition coefficient (Wildman–Crippen LogP) is 2.33. The van der Waals surface area contributed by atoms with Gasteiger partial charge >= 0.3 is 0 Å². The summed E-state index contributed by atoms with van der Waals surface area (Å²) in [4.78, 5) is 0. The topological polar surface area (TPSA) is 21.3 Å². The summed E-state index contributed by atoms with van der Waals surface area (Å²) in [5.41, 5.74) is 0. The van der Waals surface area contributed by atoms with Crippen LogP contribution in [0, 0.1) is 5.92 Å². The largest absolute Gasteiger partial charge is 0.377 e. The smallest absolute Gasteiger partial charge is 0.0626 e. The molecule has 2 rings (SSSR count). The molecule has 0 bridgehead atoms. The van der Waals surface area contributed by atoms with Gasteiger partial charge < -0.3 is 10.1 Å². The Kier molecular flexibility index (Phi) is 3.82. The summed E-state index contributed by atoms with van der Waals surface area (Å²) < 4.78 is 5.96. The zero-order valence-electron chi connectivity index (χ0n) is 9.30. The Morgan fingerprint density at radius 1 is 1.21 bits per heavy atom. The number of rotatable bonds is 6. The summed E-state index contributed by atoms with van der Waals surface area (Å²) in [7, 11) is 0. The SMILES string of the molecule is CCNC(COC1CCCC1)C1CC1. The summed E-state index contributed by atoms with van der Waals surface area (Å²) in [6, 6.07) is 0.639. The van der Waals surface area contributed by atoms with Crippen LogP contribution in [-0.4, -0.2) is 25.3 Å². The molecular weight excluding hydrogens is 174 g/mol. The van der Waals surface area contributed by atoms with Crippen molar-refractivity contribution in [1.29, 1.82) is 0 Å². The van der Waals surface area contributed by atoms with Gasteiger partial charge in [-0.15, -0.1) is 0 Å². The lowest BCUT2D eigenvalue weighted by Crippen LogP contribution is -2.36. The molecule has 1 N–H and O–H groups in total. The molecule has 0 amide bonds. The maximum Gasteiger partial charge on any atom is 0.0626 e. The molecule has 2 nitrogen and oxygen atoms in total. The van der Waals surface area contributed by atoms with Gasteiger partial charge in [0.2, 0.25) is 0 Å². The quantitative estimate of drug-likeness (QED) is 0.705. The van der Waals surface area contributed by atoms with Gasteiger partial charge in [0.05, 0.1) is 12.7 Å². The van der Waals surface area contributed by atoms with Gasteiger partial charge in [0.15, 0.2) is 0 Å². The van der Waals surface area contributed by atoms with Crippen LogP contribution < -0.4 is 5.32 Å². The van der Waals surface area contributed by atoms with Gasteiger partial charge in [-0.2, -0.15) is 0 Å². The van der Waals surface area contributed by atoms with E-state index in [-0.39, 0.29) is 0 Å². The first-order valence-electron chi connectivity index (χ1n) is 6.25. The lowest BCUT2D eigenvalue weighted by molar-refractivity contribution is 0.0393. The Hall–Kier alpha value is -0.0800. The van der Waals surface area contributed by atoms with Crippen LogP contribution in [0.15, 0.2) is 0 Å². The van der Waals surface area contributed by atoms with Crippen LogP contribution >= 0.6 is 0 Å². The standard InChI is InChI=1S/C12H23NO/c1-2-13-12(10-7-8-10)9-14-11-5-3-4-6-11/h10-13H,2-9H2,1H3. The number of hydrogen-bond acceptors (Lipinski definition) is 2. The minimum atomic E-state index is 0.579. The van der Waals surface area contributed by atoms with Crippen molar-refractivity contribution >= 4 is 0 Å². The molecule has 0 radical (unpaired) electrons. The van der Waals surface area contributed by atoms with E-state index in [4.69, 9.17) is 4.74 Å². The highest BCUT2D eigenvalue weighted by atomic mass is 16.5. The van der Waals surface area contributed by atoms with E-state index < -0.39 is 0 Å². The third-order valence-electron chi connectivity index (χ3n) is 3.47. The summed E-state index contributed by atoms with van der Waals surface area (Å²) in [5.74, 6) is 0.913. The van der Waals surface area contributed by atoms with Crippen LogP contribution in [0.4, 0.5) is 0 Å². The van der Waals surface area contributed by atoms with Crippen molar-refractivity contribution in [2.45, 2.75) is 57.6 Å². The molecule has 0 heterocycles. The molecular formula is C12H23NO. The van der Waals surface area contributed by atoms with E-state index in [9.17, 15) is 0 Å². The van der Waals surface area contributed by atoms with Crippen LogP contribution in [0.2, 0.25) is 0 Å². The third-order valence-corrected chi connectivity index (χ3v) is 3.47. The number of nitrogens with one attached hydrogen (secondary N) is 1. The highest BCUT2D eigenvalue weighted by molar-refractivity contribution is 4.86. The van der Waals surface area contributed by atoms with Crippen LogP contribution in [0.3, 0.4) is 0 Å². The number of likely N-dealkylation sites (N-methyl/N-ethyl adjacent to an activating group) is 1. The molecule has 14 heavy (non-hydrogen) atoms. The number of ether oxygens (including phenoxy) is 1. The fourth-order valence-electron chi connectivity index (χ4n) is 2.42.